The molecule has 2 aromatic rings. The number of nitrogens with one attached hydrogen (secondary N) is 1. The van der Waals surface area contributed by atoms with Gasteiger partial charge in [0.15, 0.2) is 0 Å². The van der Waals surface area contributed by atoms with Gasteiger partial charge in [-0.15, -0.1) is 0 Å². The maximum Gasteiger partial charge on any atom is 0.257 e. The second-order valence-electron chi connectivity index (χ2n) is 5.64. The van der Waals surface area contributed by atoms with Crippen LogP contribution in [0.25, 0.3) is 5.69 Å². The summed E-state index contributed by atoms with van der Waals surface area (Å²) in [5.41, 5.74) is 2.50. The molecule has 1 amide bonds. The first kappa shape index (κ1) is 15.2. The minimum atomic E-state index is 0.0641. The van der Waals surface area contributed by atoms with Gasteiger partial charge in [-0.2, -0.15) is 5.10 Å². The first-order valence-corrected chi connectivity index (χ1v) is 8.19. The Hall–Kier alpha value is -1.66. The Morgan fingerprint density at radius 3 is 2.77 bits per heavy atom. The van der Waals surface area contributed by atoms with Crippen LogP contribution in [0.15, 0.2) is 34.9 Å². The molecule has 2 heterocycles. The lowest BCUT2D eigenvalue weighted by molar-refractivity contribution is 0.0708. The number of aromatic nitrogens is 2. The lowest BCUT2D eigenvalue weighted by Gasteiger charge is -2.31. The van der Waals surface area contributed by atoms with Gasteiger partial charge in [0.05, 0.1) is 23.1 Å². The van der Waals surface area contributed by atoms with E-state index >= 15 is 0 Å². The van der Waals surface area contributed by atoms with E-state index < -0.39 is 0 Å². The van der Waals surface area contributed by atoms with Crippen LogP contribution in [0.1, 0.15) is 23.0 Å². The molecule has 0 radical (unpaired) electrons. The summed E-state index contributed by atoms with van der Waals surface area (Å²) in [5.74, 6) is 0.0641. The Balaban J connectivity index is 1.86. The molecule has 1 N–H and O–H groups in total. The normalized spacial score (nSPS) is 18.5. The molecule has 3 rings (SSSR count). The largest absolute Gasteiger partial charge is 0.336 e. The Labute approximate surface area is 138 Å². The van der Waals surface area contributed by atoms with E-state index in [1.165, 1.54) is 0 Å². The van der Waals surface area contributed by atoms with Crippen LogP contribution < -0.4 is 5.32 Å². The highest BCUT2D eigenvalue weighted by atomic mass is 79.9. The molecule has 0 aliphatic carbocycles. The van der Waals surface area contributed by atoms with Crippen LogP contribution in [0.2, 0.25) is 0 Å². The molecule has 1 aromatic carbocycles. The van der Waals surface area contributed by atoms with Crippen molar-refractivity contribution in [3.8, 4) is 5.69 Å². The summed E-state index contributed by atoms with van der Waals surface area (Å²) in [5, 5.41) is 7.74. The van der Waals surface area contributed by atoms with Crippen molar-refractivity contribution in [3.63, 3.8) is 0 Å². The van der Waals surface area contributed by atoms with E-state index in [1.807, 2.05) is 40.8 Å². The van der Waals surface area contributed by atoms with Crippen LogP contribution in [0.5, 0.6) is 0 Å². The topological polar surface area (TPSA) is 50.2 Å². The molecular formula is C16H19BrN4O. The van der Waals surface area contributed by atoms with E-state index in [2.05, 4.69) is 33.3 Å². The van der Waals surface area contributed by atoms with Crippen LogP contribution in [-0.4, -0.2) is 46.3 Å². The molecule has 1 saturated heterocycles. The van der Waals surface area contributed by atoms with E-state index in [-0.39, 0.29) is 5.91 Å². The zero-order chi connectivity index (χ0) is 15.7. The fourth-order valence-electron chi connectivity index (χ4n) is 2.75. The monoisotopic (exact) mass is 362 g/mol. The van der Waals surface area contributed by atoms with Crippen molar-refractivity contribution < 1.29 is 4.79 Å². The molecule has 1 atom stereocenters. The van der Waals surface area contributed by atoms with Gasteiger partial charge in [0.2, 0.25) is 0 Å². The SMILES string of the molecule is Cc1c(C(=O)N2CCNC(C)C2)cnn1-c1ccc(Br)cc1. The average molecular weight is 363 g/mol. The average Bonchev–Trinajstić information content (AvgIpc) is 2.89. The Bertz CT molecular complexity index is 680. The van der Waals surface area contributed by atoms with Gasteiger partial charge in [-0.1, -0.05) is 15.9 Å². The van der Waals surface area contributed by atoms with Gasteiger partial charge in [0.1, 0.15) is 0 Å². The molecule has 1 aliphatic heterocycles. The molecule has 6 heteroatoms. The molecule has 0 saturated carbocycles. The molecular weight excluding hydrogens is 344 g/mol. The Morgan fingerprint density at radius 1 is 1.36 bits per heavy atom. The molecule has 0 bridgehead atoms. The number of nitrogens with zero attached hydrogens (tertiary/aromatic N) is 3. The van der Waals surface area contributed by atoms with E-state index in [0.29, 0.717) is 11.6 Å². The predicted octanol–water partition coefficient (Wildman–Crippen LogP) is 2.38. The summed E-state index contributed by atoms with van der Waals surface area (Å²) >= 11 is 3.43. The molecule has 1 fully saturated rings. The van der Waals surface area contributed by atoms with Crippen molar-refractivity contribution in [1.82, 2.24) is 20.0 Å². The Morgan fingerprint density at radius 2 is 2.09 bits per heavy atom. The van der Waals surface area contributed by atoms with Crippen LogP contribution in [-0.2, 0) is 0 Å². The molecule has 1 unspecified atom stereocenters. The number of piperazine rings is 1. The van der Waals surface area contributed by atoms with E-state index in [1.54, 1.807) is 6.20 Å². The number of hydrogen-bond donors (Lipinski definition) is 1. The summed E-state index contributed by atoms with van der Waals surface area (Å²) in [7, 11) is 0. The van der Waals surface area contributed by atoms with Gasteiger partial charge >= 0.3 is 0 Å². The number of rotatable bonds is 2. The molecule has 5 nitrogen and oxygen atoms in total. The number of carbonyl (C=O) groups is 1. The fourth-order valence-corrected chi connectivity index (χ4v) is 3.01. The third-order valence-electron chi connectivity index (χ3n) is 3.97. The van der Waals surface area contributed by atoms with Crippen molar-refractivity contribution >= 4 is 21.8 Å². The summed E-state index contributed by atoms with van der Waals surface area (Å²) < 4.78 is 2.83. The number of benzene rings is 1. The van der Waals surface area contributed by atoms with Crippen LogP contribution in [0.4, 0.5) is 0 Å². The number of hydrogen-bond acceptors (Lipinski definition) is 3. The highest BCUT2D eigenvalue weighted by Gasteiger charge is 2.24. The highest BCUT2D eigenvalue weighted by molar-refractivity contribution is 9.10. The summed E-state index contributed by atoms with van der Waals surface area (Å²) in [6.07, 6.45) is 1.67. The van der Waals surface area contributed by atoms with Crippen molar-refractivity contribution in [2.75, 3.05) is 19.6 Å². The van der Waals surface area contributed by atoms with Gasteiger partial charge in [0.25, 0.3) is 5.91 Å². The lowest BCUT2D eigenvalue weighted by Crippen LogP contribution is -2.51. The third kappa shape index (κ3) is 2.94. The van der Waals surface area contributed by atoms with Crippen LogP contribution in [0, 0.1) is 6.92 Å². The molecule has 1 aliphatic rings. The van der Waals surface area contributed by atoms with Crippen molar-refractivity contribution in [2.24, 2.45) is 0 Å². The minimum Gasteiger partial charge on any atom is -0.336 e. The number of carbonyl (C=O) groups excluding carboxylic acids is 1. The fraction of sp³-hybridized carbons (Fsp3) is 0.375. The van der Waals surface area contributed by atoms with Crippen molar-refractivity contribution in [1.29, 1.82) is 0 Å². The zero-order valence-corrected chi connectivity index (χ0v) is 14.3. The third-order valence-corrected chi connectivity index (χ3v) is 4.50. The van der Waals surface area contributed by atoms with Gasteiger partial charge in [-0.25, -0.2) is 4.68 Å². The van der Waals surface area contributed by atoms with Gasteiger partial charge in [-0.05, 0) is 38.1 Å². The van der Waals surface area contributed by atoms with Crippen molar-refractivity contribution in [2.45, 2.75) is 19.9 Å². The first-order chi connectivity index (χ1) is 10.6. The lowest BCUT2D eigenvalue weighted by atomic mass is 10.1. The maximum atomic E-state index is 12.7. The quantitative estimate of drug-likeness (QED) is 0.892. The summed E-state index contributed by atoms with van der Waals surface area (Å²) in [4.78, 5) is 14.6. The van der Waals surface area contributed by atoms with Crippen LogP contribution >= 0.6 is 15.9 Å². The molecule has 22 heavy (non-hydrogen) atoms. The number of halogens is 1. The zero-order valence-electron chi connectivity index (χ0n) is 12.7. The van der Waals surface area contributed by atoms with Gasteiger partial charge in [0, 0.05) is 30.1 Å². The molecule has 116 valence electrons. The standard InChI is InChI=1S/C16H19BrN4O/c1-11-10-20(8-7-18-11)16(22)15-9-19-21(12(15)2)14-5-3-13(17)4-6-14/h3-6,9,11,18H,7-8,10H2,1-2H3. The number of amides is 1. The van der Waals surface area contributed by atoms with Crippen LogP contribution in [0.3, 0.4) is 0 Å². The van der Waals surface area contributed by atoms with E-state index in [9.17, 15) is 4.79 Å². The second-order valence-corrected chi connectivity index (χ2v) is 6.55. The highest BCUT2D eigenvalue weighted by Crippen LogP contribution is 2.18. The minimum absolute atomic E-state index is 0.0641. The van der Waals surface area contributed by atoms with Gasteiger partial charge in [-0.3, -0.25) is 4.79 Å². The predicted molar refractivity (Wildman–Crippen MR) is 89.4 cm³/mol. The first-order valence-electron chi connectivity index (χ1n) is 7.39. The van der Waals surface area contributed by atoms with E-state index in [0.717, 1.165) is 35.5 Å². The summed E-state index contributed by atoms with van der Waals surface area (Å²) in [6, 6.07) is 8.22. The Kier molecular flexibility index (Phi) is 4.31. The van der Waals surface area contributed by atoms with Gasteiger partial charge < -0.3 is 10.2 Å². The smallest absolute Gasteiger partial charge is 0.257 e. The molecule has 0 spiro atoms. The van der Waals surface area contributed by atoms with E-state index in [4.69, 9.17) is 0 Å². The maximum absolute atomic E-state index is 12.7. The summed E-state index contributed by atoms with van der Waals surface area (Å²) in [6.45, 7) is 6.35. The van der Waals surface area contributed by atoms with Crippen molar-refractivity contribution in [3.05, 3.63) is 46.2 Å². The second kappa shape index (κ2) is 6.22. The molecule has 1 aromatic heterocycles.